The van der Waals surface area contributed by atoms with Gasteiger partial charge in [0.15, 0.2) is 0 Å². The smallest absolute Gasteiger partial charge is 0.335 e. The van der Waals surface area contributed by atoms with Crippen LogP contribution in [0.2, 0.25) is 0 Å². The highest BCUT2D eigenvalue weighted by molar-refractivity contribution is 5.89. The van der Waals surface area contributed by atoms with Crippen molar-refractivity contribution < 1.29 is 9.90 Å². The molecule has 0 radical (unpaired) electrons. The molecule has 0 saturated carbocycles. The van der Waals surface area contributed by atoms with E-state index in [4.69, 9.17) is 5.11 Å². The minimum absolute atomic E-state index is 0.363. The van der Waals surface area contributed by atoms with Crippen LogP contribution in [0.15, 0.2) is 36.4 Å². The van der Waals surface area contributed by atoms with Gasteiger partial charge in [-0.15, -0.1) is 0 Å². The van der Waals surface area contributed by atoms with E-state index in [1.54, 1.807) is 12.1 Å². The minimum Gasteiger partial charge on any atom is -0.478 e. The Hall–Kier alpha value is -1.57. The lowest BCUT2D eigenvalue weighted by molar-refractivity contribution is 0.0695. The van der Waals surface area contributed by atoms with E-state index in [0.717, 1.165) is 18.4 Å². The Morgan fingerprint density at radius 2 is 1.86 bits per heavy atom. The van der Waals surface area contributed by atoms with Crippen molar-refractivity contribution in [2.24, 2.45) is 0 Å². The highest BCUT2D eigenvalue weighted by atomic mass is 16.4. The van der Waals surface area contributed by atoms with Crippen molar-refractivity contribution >= 4 is 5.97 Å². The fourth-order valence-electron chi connectivity index (χ4n) is 1.92. The molecular weight excluding hydrogens is 176 g/mol. The van der Waals surface area contributed by atoms with E-state index in [1.807, 2.05) is 12.1 Å². The number of allylic oxidation sites excluding steroid dienone is 2. The van der Waals surface area contributed by atoms with Gasteiger partial charge in [0.25, 0.3) is 0 Å². The first-order chi connectivity index (χ1) is 6.79. The molecule has 0 heterocycles. The molecule has 2 heteroatoms. The van der Waals surface area contributed by atoms with Gasteiger partial charge >= 0.3 is 5.97 Å². The number of aromatic carboxylic acids is 1. The molecule has 1 aromatic carbocycles. The summed E-state index contributed by atoms with van der Waals surface area (Å²) in [5.41, 5.74) is 1.41. The molecule has 0 aromatic heterocycles. The molecule has 0 amide bonds. The Balaban J connectivity index is 2.36. The van der Waals surface area contributed by atoms with E-state index in [0.29, 0.717) is 11.5 Å². The van der Waals surface area contributed by atoms with Crippen LogP contribution >= 0.6 is 0 Å². The molecule has 0 saturated heterocycles. The maximum atomic E-state index is 11.0. The topological polar surface area (TPSA) is 37.3 Å². The van der Waals surface area contributed by atoms with E-state index in [-0.39, 0.29) is 0 Å². The molecule has 0 atom stereocenters. The summed E-state index contributed by atoms with van der Waals surface area (Å²) in [4.78, 5) is 11.0. The van der Waals surface area contributed by atoms with E-state index >= 15 is 0 Å². The molecule has 14 heavy (non-hydrogen) atoms. The van der Waals surface area contributed by atoms with Gasteiger partial charge in [0, 0.05) is 0 Å². The molecular formula is C12H12O2. The van der Waals surface area contributed by atoms with Gasteiger partial charge < -0.3 is 5.11 Å². The van der Waals surface area contributed by atoms with Crippen molar-refractivity contribution in [3.8, 4) is 0 Å². The molecule has 0 spiro atoms. The standard InChI is InChI=1S/C12H12O2/c13-12(14)11-8-4-3-7-10(11)9-5-1-2-6-9/h1-4,7-9H,5-6H2,(H,13,14). The van der Waals surface area contributed by atoms with Crippen molar-refractivity contribution in [2.45, 2.75) is 18.8 Å². The summed E-state index contributed by atoms with van der Waals surface area (Å²) in [6, 6.07) is 7.27. The Kier molecular flexibility index (Phi) is 2.35. The lowest BCUT2D eigenvalue weighted by atomic mass is 9.92. The van der Waals surface area contributed by atoms with Gasteiger partial charge in [-0.3, -0.25) is 0 Å². The van der Waals surface area contributed by atoms with Crippen LogP contribution in [0, 0.1) is 0 Å². The zero-order valence-electron chi connectivity index (χ0n) is 7.81. The molecule has 2 rings (SSSR count). The van der Waals surface area contributed by atoms with Crippen LogP contribution in [0.5, 0.6) is 0 Å². The first-order valence-electron chi connectivity index (χ1n) is 4.76. The third-order valence-electron chi connectivity index (χ3n) is 2.64. The molecule has 0 unspecified atom stereocenters. The summed E-state index contributed by atoms with van der Waals surface area (Å²) >= 11 is 0. The van der Waals surface area contributed by atoms with Gasteiger partial charge in [-0.1, -0.05) is 30.4 Å². The third-order valence-corrected chi connectivity index (χ3v) is 2.64. The Morgan fingerprint density at radius 3 is 2.50 bits per heavy atom. The molecule has 0 fully saturated rings. The summed E-state index contributed by atoms with van der Waals surface area (Å²) in [5, 5.41) is 9.01. The van der Waals surface area contributed by atoms with Gasteiger partial charge in [0.05, 0.1) is 5.56 Å². The predicted molar refractivity (Wildman–Crippen MR) is 54.5 cm³/mol. The molecule has 2 nitrogen and oxygen atoms in total. The predicted octanol–water partition coefficient (Wildman–Crippen LogP) is 2.82. The maximum absolute atomic E-state index is 11.0. The van der Waals surface area contributed by atoms with Gasteiger partial charge in [-0.2, -0.15) is 0 Å². The Bertz CT molecular complexity index is 372. The number of carbonyl (C=O) groups is 1. The second-order valence-electron chi connectivity index (χ2n) is 3.53. The minimum atomic E-state index is -0.826. The highest BCUT2D eigenvalue weighted by Gasteiger charge is 2.18. The average molecular weight is 188 g/mol. The monoisotopic (exact) mass is 188 g/mol. The molecule has 0 aliphatic heterocycles. The number of rotatable bonds is 2. The van der Waals surface area contributed by atoms with Gasteiger partial charge in [0.1, 0.15) is 0 Å². The quantitative estimate of drug-likeness (QED) is 0.724. The Morgan fingerprint density at radius 1 is 1.21 bits per heavy atom. The van der Waals surface area contributed by atoms with E-state index in [1.165, 1.54) is 0 Å². The van der Waals surface area contributed by atoms with Gasteiger partial charge in [0.2, 0.25) is 0 Å². The van der Waals surface area contributed by atoms with Gasteiger partial charge in [-0.25, -0.2) is 4.79 Å². The van der Waals surface area contributed by atoms with Gasteiger partial charge in [-0.05, 0) is 30.4 Å². The molecule has 72 valence electrons. The first kappa shape index (κ1) is 9.00. The third kappa shape index (κ3) is 1.55. The van der Waals surface area contributed by atoms with Crippen LogP contribution in [0.4, 0.5) is 0 Å². The molecule has 1 aliphatic rings. The maximum Gasteiger partial charge on any atom is 0.335 e. The summed E-state index contributed by atoms with van der Waals surface area (Å²) in [5.74, 6) is -0.463. The number of benzene rings is 1. The van der Waals surface area contributed by atoms with E-state index in [2.05, 4.69) is 12.2 Å². The zero-order valence-corrected chi connectivity index (χ0v) is 7.81. The average Bonchev–Trinajstić information content (AvgIpc) is 2.70. The number of hydrogen-bond acceptors (Lipinski definition) is 1. The lowest BCUT2D eigenvalue weighted by Gasteiger charge is -2.12. The fraction of sp³-hybridized carbons (Fsp3) is 0.250. The molecule has 1 N–H and O–H groups in total. The van der Waals surface area contributed by atoms with E-state index in [9.17, 15) is 4.79 Å². The van der Waals surface area contributed by atoms with Crippen molar-refractivity contribution in [1.82, 2.24) is 0 Å². The summed E-state index contributed by atoms with van der Waals surface area (Å²) < 4.78 is 0. The van der Waals surface area contributed by atoms with Crippen molar-refractivity contribution in [1.29, 1.82) is 0 Å². The number of carboxylic acid groups (broad SMARTS) is 1. The largest absolute Gasteiger partial charge is 0.478 e. The van der Waals surface area contributed by atoms with Crippen LogP contribution < -0.4 is 0 Å². The van der Waals surface area contributed by atoms with Crippen molar-refractivity contribution in [2.75, 3.05) is 0 Å². The SMILES string of the molecule is O=C(O)c1ccccc1C1CC=CC1. The van der Waals surface area contributed by atoms with Crippen LogP contribution in [-0.2, 0) is 0 Å². The number of carboxylic acids is 1. The second kappa shape index (κ2) is 3.66. The van der Waals surface area contributed by atoms with Crippen LogP contribution in [0.25, 0.3) is 0 Å². The summed E-state index contributed by atoms with van der Waals surface area (Å²) in [6.45, 7) is 0. The normalized spacial score (nSPS) is 16.0. The molecule has 0 bridgehead atoms. The zero-order chi connectivity index (χ0) is 9.97. The van der Waals surface area contributed by atoms with Crippen LogP contribution in [0.3, 0.4) is 0 Å². The summed E-state index contributed by atoms with van der Waals surface area (Å²) in [6.07, 6.45) is 6.15. The summed E-state index contributed by atoms with van der Waals surface area (Å²) in [7, 11) is 0. The Labute approximate surface area is 82.9 Å². The van der Waals surface area contributed by atoms with Crippen molar-refractivity contribution in [3.05, 3.63) is 47.5 Å². The van der Waals surface area contributed by atoms with Crippen LogP contribution in [0.1, 0.15) is 34.7 Å². The second-order valence-corrected chi connectivity index (χ2v) is 3.53. The van der Waals surface area contributed by atoms with Crippen LogP contribution in [-0.4, -0.2) is 11.1 Å². The molecule has 1 aromatic rings. The number of hydrogen-bond donors (Lipinski definition) is 1. The lowest BCUT2D eigenvalue weighted by Crippen LogP contribution is -2.05. The molecule has 1 aliphatic carbocycles. The highest BCUT2D eigenvalue weighted by Crippen LogP contribution is 2.31. The van der Waals surface area contributed by atoms with E-state index < -0.39 is 5.97 Å². The fourth-order valence-corrected chi connectivity index (χ4v) is 1.92. The van der Waals surface area contributed by atoms with Crippen molar-refractivity contribution in [3.63, 3.8) is 0 Å². The first-order valence-corrected chi connectivity index (χ1v) is 4.76.